The van der Waals surface area contributed by atoms with Gasteiger partial charge in [0, 0.05) is 20.1 Å². The van der Waals surface area contributed by atoms with Crippen molar-refractivity contribution in [3.63, 3.8) is 0 Å². The standard InChI is InChI=1S/C12H21N3/c1-3-4-5-8-15(2)12-7-6-11(9-13)14-10-12/h6-7,10H,3-5,8-9,13H2,1-2H3. The maximum atomic E-state index is 5.50. The van der Waals surface area contributed by atoms with E-state index in [0.29, 0.717) is 6.54 Å². The molecule has 0 unspecified atom stereocenters. The lowest BCUT2D eigenvalue weighted by Crippen LogP contribution is -2.18. The van der Waals surface area contributed by atoms with Gasteiger partial charge in [-0.25, -0.2) is 0 Å². The van der Waals surface area contributed by atoms with Gasteiger partial charge in [0.25, 0.3) is 0 Å². The van der Waals surface area contributed by atoms with Crippen LogP contribution in [0.3, 0.4) is 0 Å². The highest BCUT2D eigenvalue weighted by molar-refractivity contribution is 5.43. The van der Waals surface area contributed by atoms with Gasteiger partial charge in [-0.05, 0) is 18.6 Å². The highest BCUT2D eigenvalue weighted by Gasteiger charge is 2.00. The normalized spacial score (nSPS) is 10.3. The Morgan fingerprint density at radius 1 is 1.33 bits per heavy atom. The van der Waals surface area contributed by atoms with E-state index >= 15 is 0 Å². The van der Waals surface area contributed by atoms with Gasteiger partial charge in [0.15, 0.2) is 0 Å². The molecule has 0 aliphatic carbocycles. The topological polar surface area (TPSA) is 42.1 Å². The van der Waals surface area contributed by atoms with Crippen LogP contribution in [-0.2, 0) is 6.54 Å². The van der Waals surface area contributed by atoms with E-state index in [-0.39, 0.29) is 0 Å². The molecule has 1 aromatic rings. The molecule has 1 rings (SSSR count). The molecule has 0 atom stereocenters. The second-order valence-electron chi connectivity index (χ2n) is 3.84. The molecule has 0 radical (unpaired) electrons. The van der Waals surface area contributed by atoms with Crippen molar-refractivity contribution in [2.75, 3.05) is 18.5 Å². The number of nitrogens with zero attached hydrogens (tertiary/aromatic N) is 2. The molecule has 84 valence electrons. The van der Waals surface area contributed by atoms with E-state index in [1.165, 1.54) is 24.9 Å². The van der Waals surface area contributed by atoms with Gasteiger partial charge in [-0.15, -0.1) is 0 Å². The second kappa shape index (κ2) is 6.40. The minimum atomic E-state index is 0.514. The zero-order valence-corrected chi connectivity index (χ0v) is 9.74. The minimum Gasteiger partial charge on any atom is -0.373 e. The molecule has 0 aromatic carbocycles. The SMILES string of the molecule is CCCCCN(C)c1ccc(CN)nc1. The Bertz CT molecular complexity index is 269. The average Bonchev–Trinajstić information content (AvgIpc) is 2.29. The Kier molecular flexibility index (Phi) is 5.12. The summed E-state index contributed by atoms with van der Waals surface area (Å²) in [4.78, 5) is 6.52. The Morgan fingerprint density at radius 3 is 2.67 bits per heavy atom. The molecule has 3 heteroatoms. The largest absolute Gasteiger partial charge is 0.373 e. The van der Waals surface area contributed by atoms with Crippen LogP contribution >= 0.6 is 0 Å². The number of hydrogen-bond acceptors (Lipinski definition) is 3. The van der Waals surface area contributed by atoms with E-state index in [4.69, 9.17) is 5.73 Å². The maximum Gasteiger partial charge on any atom is 0.0550 e. The van der Waals surface area contributed by atoms with Crippen molar-refractivity contribution in [2.45, 2.75) is 32.7 Å². The second-order valence-corrected chi connectivity index (χ2v) is 3.84. The first kappa shape index (κ1) is 12.0. The van der Waals surface area contributed by atoms with Crippen molar-refractivity contribution in [3.05, 3.63) is 24.0 Å². The molecule has 0 saturated carbocycles. The Balaban J connectivity index is 2.46. The number of pyridine rings is 1. The molecule has 0 bridgehead atoms. The number of aromatic nitrogens is 1. The summed E-state index contributed by atoms with van der Waals surface area (Å²) in [6.45, 7) is 3.83. The molecule has 3 nitrogen and oxygen atoms in total. The zero-order chi connectivity index (χ0) is 11.1. The Labute approximate surface area is 92.3 Å². The van der Waals surface area contributed by atoms with E-state index in [0.717, 1.165) is 12.2 Å². The summed E-state index contributed by atoms with van der Waals surface area (Å²) in [5.74, 6) is 0. The molecule has 2 N–H and O–H groups in total. The van der Waals surface area contributed by atoms with Crippen molar-refractivity contribution in [1.29, 1.82) is 0 Å². The van der Waals surface area contributed by atoms with Gasteiger partial charge in [0.1, 0.15) is 0 Å². The Morgan fingerprint density at radius 2 is 2.13 bits per heavy atom. The van der Waals surface area contributed by atoms with Gasteiger partial charge in [0.05, 0.1) is 17.6 Å². The van der Waals surface area contributed by atoms with E-state index in [2.05, 4.69) is 29.9 Å². The van der Waals surface area contributed by atoms with E-state index in [1.807, 2.05) is 12.3 Å². The van der Waals surface area contributed by atoms with Crippen molar-refractivity contribution in [1.82, 2.24) is 4.98 Å². The Hall–Kier alpha value is -1.09. The smallest absolute Gasteiger partial charge is 0.0550 e. The van der Waals surface area contributed by atoms with Gasteiger partial charge in [-0.3, -0.25) is 4.98 Å². The summed E-state index contributed by atoms with van der Waals surface area (Å²) in [5.41, 5.74) is 7.61. The van der Waals surface area contributed by atoms with Gasteiger partial charge in [-0.1, -0.05) is 19.8 Å². The predicted molar refractivity (Wildman–Crippen MR) is 64.9 cm³/mol. The first-order valence-corrected chi connectivity index (χ1v) is 5.64. The number of nitrogens with two attached hydrogens (primary N) is 1. The first-order chi connectivity index (χ1) is 7.27. The highest BCUT2D eigenvalue weighted by Crippen LogP contribution is 2.12. The van der Waals surface area contributed by atoms with Crippen molar-refractivity contribution >= 4 is 5.69 Å². The molecule has 0 amide bonds. The molecule has 0 fully saturated rings. The van der Waals surface area contributed by atoms with Crippen molar-refractivity contribution < 1.29 is 0 Å². The highest BCUT2D eigenvalue weighted by atomic mass is 15.1. The third-order valence-corrected chi connectivity index (χ3v) is 2.56. The molecular formula is C12H21N3. The van der Waals surface area contributed by atoms with Crippen LogP contribution in [0.25, 0.3) is 0 Å². The van der Waals surface area contributed by atoms with Gasteiger partial charge in [0.2, 0.25) is 0 Å². The van der Waals surface area contributed by atoms with Crippen molar-refractivity contribution in [3.8, 4) is 0 Å². The predicted octanol–water partition coefficient (Wildman–Crippen LogP) is 2.17. The number of rotatable bonds is 6. The molecule has 1 aromatic heterocycles. The molecular weight excluding hydrogens is 186 g/mol. The minimum absolute atomic E-state index is 0.514. The van der Waals surface area contributed by atoms with Crippen LogP contribution < -0.4 is 10.6 Å². The van der Waals surface area contributed by atoms with Crippen LogP contribution in [-0.4, -0.2) is 18.6 Å². The number of anilines is 1. The van der Waals surface area contributed by atoms with Crippen LogP contribution in [0.5, 0.6) is 0 Å². The van der Waals surface area contributed by atoms with Crippen LogP contribution in [0.1, 0.15) is 31.9 Å². The summed E-state index contributed by atoms with van der Waals surface area (Å²) < 4.78 is 0. The van der Waals surface area contributed by atoms with E-state index in [9.17, 15) is 0 Å². The summed E-state index contributed by atoms with van der Waals surface area (Å²) >= 11 is 0. The van der Waals surface area contributed by atoms with Crippen molar-refractivity contribution in [2.24, 2.45) is 5.73 Å². The monoisotopic (exact) mass is 207 g/mol. The maximum absolute atomic E-state index is 5.50. The fraction of sp³-hybridized carbons (Fsp3) is 0.583. The quantitative estimate of drug-likeness (QED) is 0.727. The van der Waals surface area contributed by atoms with Gasteiger partial charge in [-0.2, -0.15) is 0 Å². The summed E-state index contributed by atoms with van der Waals surface area (Å²) in [7, 11) is 2.11. The molecule has 0 saturated heterocycles. The van der Waals surface area contributed by atoms with Gasteiger partial charge >= 0.3 is 0 Å². The summed E-state index contributed by atoms with van der Waals surface area (Å²) in [5, 5.41) is 0. The van der Waals surface area contributed by atoms with Crippen LogP contribution in [0.15, 0.2) is 18.3 Å². The number of hydrogen-bond donors (Lipinski definition) is 1. The molecule has 1 heterocycles. The lowest BCUT2D eigenvalue weighted by molar-refractivity contribution is 0.704. The van der Waals surface area contributed by atoms with Crippen LogP contribution in [0, 0.1) is 0 Å². The molecule has 0 spiro atoms. The van der Waals surface area contributed by atoms with Crippen LogP contribution in [0.2, 0.25) is 0 Å². The van der Waals surface area contributed by atoms with E-state index < -0.39 is 0 Å². The molecule has 15 heavy (non-hydrogen) atoms. The van der Waals surface area contributed by atoms with Gasteiger partial charge < -0.3 is 10.6 Å². The molecule has 0 aliphatic heterocycles. The van der Waals surface area contributed by atoms with Crippen LogP contribution in [0.4, 0.5) is 5.69 Å². The fourth-order valence-electron chi connectivity index (χ4n) is 1.49. The zero-order valence-electron chi connectivity index (χ0n) is 9.74. The third kappa shape index (κ3) is 3.88. The number of unbranched alkanes of at least 4 members (excludes halogenated alkanes) is 2. The lowest BCUT2D eigenvalue weighted by Gasteiger charge is -2.18. The molecule has 0 aliphatic rings. The average molecular weight is 207 g/mol. The summed E-state index contributed by atoms with van der Waals surface area (Å²) in [6.07, 6.45) is 5.69. The van der Waals surface area contributed by atoms with E-state index in [1.54, 1.807) is 0 Å². The third-order valence-electron chi connectivity index (χ3n) is 2.56. The fourth-order valence-corrected chi connectivity index (χ4v) is 1.49. The first-order valence-electron chi connectivity index (χ1n) is 5.64. The lowest BCUT2D eigenvalue weighted by atomic mass is 10.2. The summed E-state index contributed by atoms with van der Waals surface area (Å²) in [6, 6.07) is 4.08.